The molecule has 2 N–H and O–H groups in total. The fourth-order valence-corrected chi connectivity index (χ4v) is 3.26. The van der Waals surface area contributed by atoms with Crippen molar-refractivity contribution in [2.45, 2.75) is 39.9 Å². The molecule has 0 atom stereocenters. The molecule has 2 aromatic rings. The van der Waals surface area contributed by atoms with Gasteiger partial charge in [-0.25, -0.2) is 4.68 Å². The van der Waals surface area contributed by atoms with Crippen molar-refractivity contribution in [2.24, 2.45) is 0 Å². The number of nitrogens with one attached hydrogen (secondary N) is 2. The summed E-state index contributed by atoms with van der Waals surface area (Å²) >= 11 is 6.81. The molecule has 0 aliphatic carbocycles. The van der Waals surface area contributed by atoms with Gasteiger partial charge in [-0.05, 0) is 58.6 Å². The number of rotatable bonds is 6. The number of benzene rings is 1. The van der Waals surface area contributed by atoms with Crippen molar-refractivity contribution in [3.05, 3.63) is 33.8 Å². The SMILES string of the molecule is Cc1ccccc1Nc1nn(CN(C)CC(=O)NC(C)(C)C)c(=S)s1. The quantitative estimate of drug-likeness (QED) is 0.752. The molecule has 2 rings (SSSR count). The van der Waals surface area contributed by atoms with Crippen molar-refractivity contribution in [1.29, 1.82) is 0 Å². The Labute approximate surface area is 157 Å². The number of aromatic nitrogens is 2. The summed E-state index contributed by atoms with van der Waals surface area (Å²) in [5, 5.41) is 11.5. The summed E-state index contributed by atoms with van der Waals surface area (Å²) in [7, 11) is 1.87. The number of hydrogen-bond acceptors (Lipinski definition) is 6. The summed E-state index contributed by atoms with van der Waals surface area (Å²) < 4.78 is 2.39. The molecule has 0 radical (unpaired) electrons. The zero-order valence-electron chi connectivity index (χ0n) is 15.3. The standard InChI is InChI=1S/C17H25N5OS2/c1-12-8-6-7-9-13(12)18-15-20-22(16(24)25-15)11-21(5)10-14(23)19-17(2,3)4/h6-9H,10-11H2,1-5H3,(H,18,20)(H,19,23). The van der Waals surface area contributed by atoms with E-state index in [1.807, 2.05) is 63.9 Å². The molecule has 1 aromatic heterocycles. The molecule has 0 bridgehead atoms. The normalized spacial score (nSPS) is 11.6. The summed E-state index contributed by atoms with van der Waals surface area (Å²) in [6.07, 6.45) is 0. The van der Waals surface area contributed by atoms with Gasteiger partial charge in [0.25, 0.3) is 0 Å². The summed E-state index contributed by atoms with van der Waals surface area (Å²) in [6, 6.07) is 8.03. The van der Waals surface area contributed by atoms with E-state index < -0.39 is 0 Å². The lowest BCUT2D eigenvalue weighted by Crippen LogP contribution is -2.45. The monoisotopic (exact) mass is 379 g/mol. The first kappa shape index (κ1) is 19.6. The van der Waals surface area contributed by atoms with Crippen LogP contribution < -0.4 is 10.6 Å². The maximum absolute atomic E-state index is 12.0. The molecule has 25 heavy (non-hydrogen) atoms. The van der Waals surface area contributed by atoms with Gasteiger partial charge < -0.3 is 10.6 Å². The molecule has 1 amide bonds. The van der Waals surface area contributed by atoms with Crippen LogP contribution in [0.3, 0.4) is 0 Å². The van der Waals surface area contributed by atoms with Crippen LogP contribution in [0.1, 0.15) is 26.3 Å². The molecule has 136 valence electrons. The van der Waals surface area contributed by atoms with Crippen molar-refractivity contribution >= 4 is 40.3 Å². The third kappa shape index (κ3) is 6.22. The Morgan fingerprint density at radius 1 is 1.36 bits per heavy atom. The molecular formula is C17H25N5OS2. The number of hydrogen-bond donors (Lipinski definition) is 2. The van der Waals surface area contributed by atoms with E-state index in [2.05, 4.69) is 15.7 Å². The van der Waals surface area contributed by atoms with E-state index >= 15 is 0 Å². The molecule has 0 saturated heterocycles. The summed E-state index contributed by atoms with van der Waals surface area (Å²) in [5.74, 6) is -0.0185. The van der Waals surface area contributed by atoms with Gasteiger partial charge in [-0.15, -0.1) is 5.10 Å². The number of amides is 1. The number of aryl methyl sites for hydroxylation is 1. The third-order valence-corrected chi connectivity index (χ3v) is 4.52. The second-order valence-corrected chi connectivity index (χ2v) is 8.69. The highest BCUT2D eigenvalue weighted by Gasteiger charge is 2.16. The average Bonchev–Trinajstić information content (AvgIpc) is 2.79. The molecule has 8 heteroatoms. The summed E-state index contributed by atoms with van der Waals surface area (Å²) in [6.45, 7) is 8.68. The minimum absolute atomic E-state index is 0.0185. The van der Waals surface area contributed by atoms with Crippen LogP contribution in [0.4, 0.5) is 10.8 Å². The fraction of sp³-hybridized carbons (Fsp3) is 0.471. The van der Waals surface area contributed by atoms with Gasteiger partial charge >= 0.3 is 0 Å². The Morgan fingerprint density at radius 2 is 2.04 bits per heavy atom. The molecule has 0 fully saturated rings. The molecule has 6 nitrogen and oxygen atoms in total. The molecule has 0 unspecified atom stereocenters. The van der Waals surface area contributed by atoms with Crippen molar-refractivity contribution in [2.75, 3.05) is 18.9 Å². The highest BCUT2D eigenvalue weighted by atomic mass is 32.1. The summed E-state index contributed by atoms with van der Waals surface area (Å²) in [5.41, 5.74) is 1.92. The smallest absolute Gasteiger partial charge is 0.234 e. The number of para-hydroxylation sites is 1. The first-order valence-electron chi connectivity index (χ1n) is 8.04. The van der Waals surface area contributed by atoms with Crippen LogP contribution in [-0.2, 0) is 11.5 Å². The largest absolute Gasteiger partial charge is 0.350 e. The average molecular weight is 380 g/mol. The number of carbonyl (C=O) groups excluding carboxylic acids is 1. The molecule has 1 aromatic carbocycles. The zero-order valence-corrected chi connectivity index (χ0v) is 16.9. The second-order valence-electron chi connectivity index (χ2n) is 7.07. The van der Waals surface area contributed by atoms with E-state index in [0.29, 0.717) is 10.6 Å². The maximum atomic E-state index is 12.0. The second kappa shape index (κ2) is 8.07. The minimum atomic E-state index is -0.237. The zero-order chi connectivity index (χ0) is 18.6. The van der Waals surface area contributed by atoms with E-state index in [-0.39, 0.29) is 18.0 Å². The predicted molar refractivity (Wildman–Crippen MR) is 106 cm³/mol. The van der Waals surface area contributed by atoms with Gasteiger partial charge in [0, 0.05) is 11.2 Å². The highest BCUT2D eigenvalue weighted by Crippen LogP contribution is 2.22. The van der Waals surface area contributed by atoms with Gasteiger partial charge in [-0.3, -0.25) is 9.69 Å². The van der Waals surface area contributed by atoms with Gasteiger partial charge in [-0.2, -0.15) is 0 Å². The molecule has 1 heterocycles. The van der Waals surface area contributed by atoms with Crippen LogP contribution >= 0.6 is 23.6 Å². The first-order chi connectivity index (χ1) is 11.6. The Morgan fingerprint density at radius 3 is 2.68 bits per heavy atom. The van der Waals surface area contributed by atoms with Crippen molar-refractivity contribution < 1.29 is 4.79 Å². The van der Waals surface area contributed by atoms with Crippen LogP contribution in [0.15, 0.2) is 24.3 Å². The van der Waals surface area contributed by atoms with Crippen molar-refractivity contribution in [1.82, 2.24) is 20.0 Å². The van der Waals surface area contributed by atoms with Gasteiger partial charge in [0.1, 0.15) is 0 Å². The number of nitrogens with zero attached hydrogens (tertiary/aromatic N) is 3. The fourth-order valence-electron chi connectivity index (χ4n) is 2.26. The van der Waals surface area contributed by atoms with Crippen molar-refractivity contribution in [3.63, 3.8) is 0 Å². The predicted octanol–water partition coefficient (Wildman–Crippen LogP) is 3.53. The summed E-state index contributed by atoms with van der Waals surface area (Å²) in [4.78, 5) is 13.9. The molecule has 0 saturated carbocycles. The van der Waals surface area contributed by atoms with Crippen LogP contribution in [0.25, 0.3) is 0 Å². The van der Waals surface area contributed by atoms with Gasteiger partial charge in [-0.1, -0.05) is 29.5 Å². The van der Waals surface area contributed by atoms with E-state index in [0.717, 1.165) is 16.4 Å². The van der Waals surface area contributed by atoms with Gasteiger partial charge in [0.15, 0.2) is 3.95 Å². The third-order valence-electron chi connectivity index (χ3n) is 3.30. The van der Waals surface area contributed by atoms with E-state index in [4.69, 9.17) is 12.2 Å². The van der Waals surface area contributed by atoms with Gasteiger partial charge in [0.2, 0.25) is 11.0 Å². The van der Waals surface area contributed by atoms with Crippen molar-refractivity contribution in [3.8, 4) is 0 Å². The topological polar surface area (TPSA) is 62.2 Å². The Bertz CT molecular complexity index is 791. The molecule has 0 aliphatic heterocycles. The lowest BCUT2D eigenvalue weighted by Gasteiger charge is -2.23. The molecule has 0 spiro atoms. The number of anilines is 2. The molecular weight excluding hydrogens is 354 g/mol. The lowest BCUT2D eigenvalue weighted by molar-refractivity contribution is -0.123. The number of likely N-dealkylation sites (N-methyl/N-ethyl adjacent to an activating group) is 1. The Balaban J connectivity index is 1.99. The van der Waals surface area contributed by atoms with Crippen LogP contribution in [-0.4, -0.2) is 39.7 Å². The van der Waals surface area contributed by atoms with Crippen LogP contribution in [0.5, 0.6) is 0 Å². The van der Waals surface area contributed by atoms with E-state index in [1.165, 1.54) is 11.3 Å². The molecule has 0 aliphatic rings. The Hall–Kier alpha value is -1.77. The van der Waals surface area contributed by atoms with E-state index in [1.54, 1.807) is 4.68 Å². The first-order valence-corrected chi connectivity index (χ1v) is 9.27. The van der Waals surface area contributed by atoms with Crippen LogP contribution in [0.2, 0.25) is 0 Å². The number of carbonyl (C=O) groups is 1. The Kier molecular flexibility index (Phi) is 6.31. The van der Waals surface area contributed by atoms with E-state index in [9.17, 15) is 4.79 Å². The maximum Gasteiger partial charge on any atom is 0.234 e. The highest BCUT2D eigenvalue weighted by molar-refractivity contribution is 7.73. The minimum Gasteiger partial charge on any atom is -0.350 e. The van der Waals surface area contributed by atoms with Gasteiger partial charge in [0.05, 0.1) is 13.2 Å². The lowest BCUT2D eigenvalue weighted by atomic mass is 10.1. The van der Waals surface area contributed by atoms with Crippen LogP contribution in [0, 0.1) is 10.9 Å².